The molecule has 1 aliphatic rings. The first-order valence-electron chi connectivity index (χ1n) is 6.42. The number of aromatic nitrogens is 2. The molecule has 0 saturated heterocycles. The van der Waals surface area contributed by atoms with E-state index < -0.39 is 11.2 Å². The number of nitrogen functional groups attached to an aromatic ring is 1. The van der Waals surface area contributed by atoms with Crippen molar-refractivity contribution in [1.82, 2.24) is 9.55 Å². The minimum absolute atomic E-state index is 0.194. The van der Waals surface area contributed by atoms with Crippen molar-refractivity contribution < 1.29 is 0 Å². The second kappa shape index (κ2) is 5.29. The monoisotopic (exact) mass is 252 g/mol. The van der Waals surface area contributed by atoms with E-state index in [1.807, 2.05) is 0 Å². The summed E-state index contributed by atoms with van der Waals surface area (Å²) in [5, 5.41) is 3.09. The van der Waals surface area contributed by atoms with Crippen molar-refractivity contribution in [3.8, 4) is 0 Å². The predicted molar refractivity (Wildman–Crippen MR) is 71.8 cm³/mol. The van der Waals surface area contributed by atoms with E-state index in [-0.39, 0.29) is 5.82 Å². The average molecular weight is 252 g/mol. The van der Waals surface area contributed by atoms with E-state index >= 15 is 0 Å². The van der Waals surface area contributed by atoms with Crippen LogP contribution in [0.3, 0.4) is 0 Å². The quantitative estimate of drug-likeness (QED) is 0.736. The van der Waals surface area contributed by atoms with Crippen molar-refractivity contribution in [3.63, 3.8) is 0 Å². The fourth-order valence-corrected chi connectivity index (χ4v) is 2.45. The molecule has 1 heterocycles. The molecule has 0 atom stereocenters. The summed E-state index contributed by atoms with van der Waals surface area (Å²) in [5.74, 6) is 0.786. The van der Waals surface area contributed by atoms with Crippen LogP contribution in [0.5, 0.6) is 0 Å². The Kier molecular flexibility index (Phi) is 3.74. The van der Waals surface area contributed by atoms with Crippen LogP contribution in [0.15, 0.2) is 9.59 Å². The molecular formula is C12H20N4O2. The Balaban J connectivity index is 2.11. The van der Waals surface area contributed by atoms with Crippen LogP contribution in [0.2, 0.25) is 0 Å². The van der Waals surface area contributed by atoms with E-state index in [4.69, 9.17) is 5.73 Å². The molecule has 1 aliphatic carbocycles. The van der Waals surface area contributed by atoms with Gasteiger partial charge in [0.05, 0.1) is 0 Å². The topological polar surface area (TPSA) is 92.9 Å². The second-order valence-corrected chi connectivity index (χ2v) is 4.96. The number of rotatable bonds is 3. The first kappa shape index (κ1) is 12.7. The van der Waals surface area contributed by atoms with Gasteiger partial charge in [-0.1, -0.05) is 19.3 Å². The fraction of sp³-hybridized carbons (Fsp3) is 0.667. The average Bonchev–Trinajstić information content (AvgIpc) is 2.37. The van der Waals surface area contributed by atoms with Crippen LogP contribution in [-0.4, -0.2) is 16.1 Å². The number of H-pyrrole nitrogens is 1. The van der Waals surface area contributed by atoms with Crippen molar-refractivity contribution in [1.29, 1.82) is 0 Å². The summed E-state index contributed by atoms with van der Waals surface area (Å²) in [7, 11) is 1.54. The number of aromatic amines is 1. The molecule has 0 amide bonds. The maximum Gasteiger partial charge on any atom is 0.329 e. The highest BCUT2D eigenvalue weighted by Gasteiger charge is 2.15. The number of hydrogen-bond donors (Lipinski definition) is 3. The van der Waals surface area contributed by atoms with Gasteiger partial charge >= 0.3 is 5.69 Å². The molecule has 6 nitrogen and oxygen atoms in total. The summed E-state index contributed by atoms with van der Waals surface area (Å²) >= 11 is 0. The molecule has 1 saturated carbocycles. The fourth-order valence-electron chi connectivity index (χ4n) is 2.45. The lowest BCUT2D eigenvalue weighted by Gasteiger charge is -2.22. The van der Waals surface area contributed by atoms with Gasteiger partial charge in [0.1, 0.15) is 11.5 Å². The van der Waals surface area contributed by atoms with E-state index in [1.54, 1.807) is 7.05 Å². The number of anilines is 2. The van der Waals surface area contributed by atoms with E-state index in [2.05, 4.69) is 10.3 Å². The smallest absolute Gasteiger partial charge is 0.329 e. The molecule has 6 heteroatoms. The molecule has 0 aliphatic heterocycles. The van der Waals surface area contributed by atoms with Crippen LogP contribution in [0.25, 0.3) is 0 Å². The van der Waals surface area contributed by atoms with E-state index in [0.717, 1.165) is 6.54 Å². The van der Waals surface area contributed by atoms with Crippen LogP contribution in [0.1, 0.15) is 32.1 Å². The lowest BCUT2D eigenvalue weighted by atomic mass is 9.89. The van der Waals surface area contributed by atoms with Gasteiger partial charge in [-0.05, 0) is 18.8 Å². The van der Waals surface area contributed by atoms with Crippen molar-refractivity contribution in [2.75, 3.05) is 17.6 Å². The van der Waals surface area contributed by atoms with Gasteiger partial charge in [0.2, 0.25) is 0 Å². The molecular weight excluding hydrogens is 232 g/mol. The summed E-state index contributed by atoms with van der Waals surface area (Å²) in [6.45, 7) is 0.742. The minimum atomic E-state index is -0.485. The molecule has 18 heavy (non-hydrogen) atoms. The Morgan fingerprint density at radius 3 is 2.67 bits per heavy atom. The Hall–Kier alpha value is -1.72. The third-order valence-corrected chi connectivity index (χ3v) is 3.66. The molecule has 0 radical (unpaired) electrons. The lowest BCUT2D eigenvalue weighted by molar-refractivity contribution is 0.373. The summed E-state index contributed by atoms with van der Waals surface area (Å²) in [5.41, 5.74) is 5.16. The molecule has 1 fully saturated rings. The molecule has 0 unspecified atom stereocenters. The first-order chi connectivity index (χ1) is 8.59. The van der Waals surface area contributed by atoms with Gasteiger partial charge in [-0.25, -0.2) is 4.79 Å². The van der Waals surface area contributed by atoms with Crippen LogP contribution in [0, 0.1) is 5.92 Å². The SMILES string of the molecule is Cn1c(N)c(NCC2CCCCC2)c(=O)[nH]c1=O. The van der Waals surface area contributed by atoms with Gasteiger partial charge in [-0.3, -0.25) is 14.3 Å². The molecule has 1 aromatic heterocycles. The van der Waals surface area contributed by atoms with Gasteiger partial charge in [0, 0.05) is 13.6 Å². The van der Waals surface area contributed by atoms with Gasteiger partial charge in [-0.15, -0.1) is 0 Å². The number of nitrogens with one attached hydrogen (secondary N) is 2. The van der Waals surface area contributed by atoms with Crippen molar-refractivity contribution in [2.24, 2.45) is 13.0 Å². The first-order valence-corrected chi connectivity index (χ1v) is 6.42. The summed E-state index contributed by atoms with van der Waals surface area (Å²) in [6.07, 6.45) is 6.20. The third kappa shape index (κ3) is 2.57. The summed E-state index contributed by atoms with van der Waals surface area (Å²) < 4.78 is 1.24. The van der Waals surface area contributed by atoms with Crippen LogP contribution in [-0.2, 0) is 7.05 Å². The number of nitrogens with two attached hydrogens (primary N) is 1. The normalized spacial score (nSPS) is 16.7. The Bertz CT molecular complexity index is 526. The predicted octanol–water partition coefficient (Wildman–Crippen LogP) is 0.648. The number of nitrogens with zero attached hydrogens (tertiary/aromatic N) is 1. The molecule has 1 aromatic rings. The van der Waals surface area contributed by atoms with Crippen LogP contribution in [0.4, 0.5) is 11.5 Å². The van der Waals surface area contributed by atoms with Gasteiger partial charge < -0.3 is 11.1 Å². The van der Waals surface area contributed by atoms with E-state index in [9.17, 15) is 9.59 Å². The summed E-state index contributed by atoms with van der Waals surface area (Å²) in [6, 6.07) is 0. The van der Waals surface area contributed by atoms with Gasteiger partial charge in [0.25, 0.3) is 5.56 Å². The molecule has 0 spiro atoms. The van der Waals surface area contributed by atoms with Gasteiger partial charge in [-0.2, -0.15) is 0 Å². The number of hydrogen-bond acceptors (Lipinski definition) is 4. The lowest BCUT2D eigenvalue weighted by Crippen LogP contribution is -2.33. The van der Waals surface area contributed by atoms with E-state index in [0.29, 0.717) is 11.6 Å². The van der Waals surface area contributed by atoms with Crippen molar-refractivity contribution in [2.45, 2.75) is 32.1 Å². The Morgan fingerprint density at radius 1 is 1.33 bits per heavy atom. The van der Waals surface area contributed by atoms with Crippen molar-refractivity contribution in [3.05, 3.63) is 20.8 Å². The Labute approximate surface area is 105 Å². The molecule has 100 valence electrons. The zero-order chi connectivity index (χ0) is 13.1. The highest BCUT2D eigenvalue weighted by molar-refractivity contribution is 5.60. The second-order valence-electron chi connectivity index (χ2n) is 4.96. The van der Waals surface area contributed by atoms with Gasteiger partial charge in [0.15, 0.2) is 0 Å². The zero-order valence-corrected chi connectivity index (χ0v) is 10.7. The molecule has 0 aromatic carbocycles. The largest absolute Gasteiger partial charge is 0.383 e. The molecule has 4 N–H and O–H groups in total. The van der Waals surface area contributed by atoms with Crippen LogP contribution >= 0.6 is 0 Å². The highest BCUT2D eigenvalue weighted by atomic mass is 16.2. The molecule has 0 bridgehead atoms. The zero-order valence-electron chi connectivity index (χ0n) is 10.7. The maximum absolute atomic E-state index is 11.7. The minimum Gasteiger partial charge on any atom is -0.383 e. The summed E-state index contributed by atoms with van der Waals surface area (Å²) in [4.78, 5) is 25.2. The third-order valence-electron chi connectivity index (χ3n) is 3.66. The van der Waals surface area contributed by atoms with Crippen LogP contribution < -0.4 is 22.3 Å². The highest BCUT2D eigenvalue weighted by Crippen LogP contribution is 2.24. The van der Waals surface area contributed by atoms with Crippen molar-refractivity contribution >= 4 is 11.5 Å². The maximum atomic E-state index is 11.7. The Morgan fingerprint density at radius 2 is 2.00 bits per heavy atom. The van der Waals surface area contributed by atoms with E-state index in [1.165, 1.54) is 36.7 Å². The standard InChI is InChI=1S/C12H20N4O2/c1-16-10(13)9(11(17)15-12(16)18)14-7-8-5-3-2-4-6-8/h8,14H,2-7,13H2,1H3,(H,15,17,18). The molecule has 2 rings (SSSR count).